The molecule has 0 unspecified atom stereocenters. The number of rotatable bonds is 7. The average molecular weight is 341 g/mol. The molecular formula is C16H21ClN2O4. The van der Waals surface area contributed by atoms with Crippen molar-refractivity contribution in [3.8, 4) is 0 Å². The van der Waals surface area contributed by atoms with E-state index in [-0.39, 0.29) is 12.5 Å². The predicted molar refractivity (Wildman–Crippen MR) is 87.5 cm³/mol. The summed E-state index contributed by atoms with van der Waals surface area (Å²) in [7, 11) is 0. The van der Waals surface area contributed by atoms with Crippen molar-refractivity contribution in [2.45, 2.75) is 33.2 Å². The minimum Gasteiger partial charge on any atom is -0.480 e. The van der Waals surface area contributed by atoms with Crippen LogP contribution in [0.4, 0.5) is 0 Å². The highest BCUT2D eigenvalue weighted by molar-refractivity contribution is 6.31. The van der Waals surface area contributed by atoms with E-state index >= 15 is 0 Å². The number of carboxylic acids is 1. The van der Waals surface area contributed by atoms with Gasteiger partial charge < -0.3 is 15.7 Å². The van der Waals surface area contributed by atoms with E-state index in [4.69, 9.17) is 16.7 Å². The summed E-state index contributed by atoms with van der Waals surface area (Å²) in [5, 5.41) is 14.4. The standard InChI is InChI=1S/C16H21ClN2O4/c1-9(2)7-13(16(22)23)19-14(20)8-18-15(21)11-5-4-6-12(17)10(11)3/h4-6,9,13H,7-8H2,1-3H3,(H,18,21)(H,19,20)(H,22,23)/t13-/m0/s1. The SMILES string of the molecule is Cc1c(Cl)cccc1C(=O)NCC(=O)N[C@@H](CC(C)C)C(=O)O. The van der Waals surface area contributed by atoms with Crippen LogP contribution in [0.2, 0.25) is 5.02 Å². The zero-order chi connectivity index (χ0) is 17.6. The normalized spacial score (nSPS) is 11.9. The van der Waals surface area contributed by atoms with Crippen molar-refractivity contribution in [3.63, 3.8) is 0 Å². The maximum Gasteiger partial charge on any atom is 0.326 e. The molecule has 0 bridgehead atoms. The van der Waals surface area contributed by atoms with Crippen molar-refractivity contribution in [2.75, 3.05) is 6.54 Å². The summed E-state index contributed by atoms with van der Waals surface area (Å²) in [5.74, 6) is -1.95. The van der Waals surface area contributed by atoms with Gasteiger partial charge in [0.25, 0.3) is 5.91 Å². The van der Waals surface area contributed by atoms with Gasteiger partial charge >= 0.3 is 5.97 Å². The van der Waals surface area contributed by atoms with Crippen LogP contribution in [0, 0.1) is 12.8 Å². The summed E-state index contributed by atoms with van der Waals surface area (Å²) in [4.78, 5) is 35.0. The van der Waals surface area contributed by atoms with Crippen LogP contribution in [0.15, 0.2) is 18.2 Å². The summed E-state index contributed by atoms with van der Waals surface area (Å²) in [6.07, 6.45) is 0.322. The lowest BCUT2D eigenvalue weighted by molar-refractivity contribution is -0.142. The fraction of sp³-hybridized carbons (Fsp3) is 0.438. The van der Waals surface area contributed by atoms with E-state index in [1.165, 1.54) is 0 Å². The first-order valence-electron chi connectivity index (χ1n) is 7.27. The van der Waals surface area contributed by atoms with Crippen LogP contribution in [0.25, 0.3) is 0 Å². The summed E-state index contributed by atoms with van der Waals surface area (Å²) in [5.41, 5.74) is 0.998. The minimum absolute atomic E-state index is 0.125. The van der Waals surface area contributed by atoms with Crippen LogP contribution in [0.1, 0.15) is 36.2 Å². The van der Waals surface area contributed by atoms with Crippen molar-refractivity contribution in [3.05, 3.63) is 34.3 Å². The molecule has 1 atom stereocenters. The molecule has 1 aromatic rings. The van der Waals surface area contributed by atoms with E-state index in [0.29, 0.717) is 22.6 Å². The smallest absolute Gasteiger partial charge is 0.326 e. The maximum absolute atomic E-state index is 12.1. The Morgan fingerprint density at radius 3 is 2.48 bits per heavy atom. The fourth-order valence-electron chi connectivity index (χ4n) is 2.05. The third kappa shape index (κ3) is 5.90. The summed E-state index contributed by atoms with van der Waals surface area (Å²) >= 11 is 5.95. The highest BCUT2D eigenvalue weighted by Gasteiger charge is 2.21. The van der Waals surface area contributed by atoms with E-state index in [2.05, 4.69) is 10.6 Å². The second-order valence-corrected chi connectivity index (χ2v) is 6.09. The monoisotopic (exact) mass is 340 g/mol. The van der Waals surface area contributed by atoms with Crippen LogP contribution in [-0.4, -0.2) is 35.5 Å². The highest BCUT2D eigenvalue weighted by Crippen LogP contribution is 2.18. The van der Waals surface area contributed by atoms with Gasteiger partial charge in [0, 0.05) is 10.6 Å². The third-order valence-corrected chi connectivity index (χ3v) is 3.67. The molecule has 6 nitrogen and oxygen atoms in total. The Labute approximate surface area is 140 Å². The molecule has 0 aliphatic heterocycles. The quantitative estimate of drug-likeness (QED) is 0.707. The molecule has 1 rings (SSSR count). The molecule has 2 amide bonds. The molecule has 0 aromatic heterocycles. The molecule has 0 heterocycles. The lowest BCUT2D eigenvalue weighted by atomic mass is 10.0. The number of carbonyl (C=O) groups excluding carboxylic acids is 2. The van der Waals surface area contributed by atoms with Crippen molar-refractivity contribution in [1.82, 2.24) is 10.6 Å². The van der Waals surface area contributed by atoms with E-state index in [1.807, 2.05) is 13.8 Å². The molecule has 0 saturated heterocycles. The number of hydrogen-bond donors (Lipinski definition) is 3. The van der Waals surface area contributed by atoms with Gasteiger partial charge in [-0.2, -0.15) is 0 Å². The Morgan fingerprint density at radius 1 is 1.26 bits per heavy atom. The predicted octanol–water partition coefficient (Wildman–Crippen LogP) is 1.99. The fourth-order valence-corrected chi connectivity index (χ4v) is 2.22. The van der Waals surface area contributed by atoms with Gasteiger partial charge in [-0.05, 0) is 37.0 Å². The topological polar surface area (TPSA) is 95.5 Å². The first-order chi connectivity index (χ1) is 10.7. The average Bonchev–Trinajstić information content (AvgIpc) is 2.46. The van der Waals surface area contributed by atoms with Crippen LogP contribution in [0.3, 0.4) is 0 Å². The number of halogens is 1. The first kappa shape index (κ1) is 19.0. The van der Waals surface area contributed by atoms with Crippen molar-refractivity contribution >= 4 is 29.4 Å². The summed E-state index contributed by atoms with van der Waals surface area (Å²) < 4.78 is 0. The lowest BCUT2D eigenvalue weighted by Gasteiger charge is -2.16. The Kier molecular flexibility index (Phi) is 7.03. The first-order valence-corrected chi connectivity index (χ1v) is 7.65. The zero-order valence-electron chi connectivity index (χ0n) is 13.4. The molecule has 7 heteroatoms. The molecule has 0 saturated carbocycles. The Balaban J connectivity index is 2.60. The summed E-state index contributed by atoms with van der Waals surface area (Å²) in [6, 6.07) is 3.96. The third-order valence-electron chi connectivity index (χ3n) is 3.26. The van der Waals surface area contributed by atoms with Gasteiger partial charge in [-0.1, -0.05) is 31.5 Å². The van der Waals surface area contributed by atoms with Crippen molar-refractivity contribution in [1.29, 1.82) is 0 Å². The van der Waals surface area contributed by atoms with E-state index < -0.39 is 23.8 Å². The molecule has 126 valence electrons. The number of carboxylic acid groups (broad SMARTS) is 1. The number of carbonyl (C=O) groups is 3. The maximum atomic E-state index is 12.1. The number of benzene rings is 1. The second-order valence-electron chi connectivity index (χ2n) is 5.68. The van der Waals surface area contributed by atoms with Gasteiger partial charge in [-0.25, -0.2) is 4.79 Å². The van der Waals surface area contributed by atoms with Gasteiger partial charge in [0.05, 0.1) is 6.54 Å². The van der Waals surface area contributed by atoms with Crippen LogP contribution in [-0.2, 0) is 9.59 Å². The van der Waals surface area contributed by atoms with E-state index in [9.17, 15) is 14.4 Å². The summed E-state index contributed by atoms with van der Waals surface area (Å²) in [6.45, 7) is 5.14. The van der Waals surface area contributed by atoms with Crippen molar-refractivity contribution < 1.29 is 19.5 Å². The van der Waals surface area contributed by atoms with Crippen molar-refractivity contribution in [2.24, 2.45) is 5.92 Å². The second kappa shape index (κ2) is 8.53. The van der Waals surface area contributed by atoms with Crippen LogP contribution >= 0.6 is 11.6 Å². The molecule has 0 fully saturated rings. The number of aliphatic carboxylic acids is 1. The van der Waals surface area contributed by atoms with Crippen LogP contribution in [0.5, 0.6) is 0 Å². The largest absolute Gasteiger partial charge is 0.480 e. The molecule has 0 radical (unpaired) electrons. The van der Waals surface area contributed by atoms with Gasteiger partial charge in [-0.3, -0.25) is 9.59 Å². The zero-order valence-corrected chi connectivity index (χ0v) is 14.1. The van der Waals surface area contributed by atoms with E-state index in [1.54, 1.807) is 25.1 Å². The molecule has 3 N–H and O–H groups in total. The molecule has 0 aliphatic carbocycles. The molecular weight excluding hydrogens is 320 g/mol. The molecule has 0 spiro atoms. The van der Waals surface area contributed by atoms with Gasteiger partial charge in [0.2, 0.25) is 5.91 Å². The van der Waals surface area contributed by atoms with Gasteiger partial charge in [0.15, 0.2) is 0 Å². The van der Waals surface area contributed by atoms with Gasteiger partial charge in [0.1, 0.15) is 6.04 Å². The molecule has 1 aromatic carbocycles. The van der Waals surface area contributed by atoms with Crippen LogP contribution < -0.4 is 10.6 Å². The number of nitrogens with one attached hydrogen (secondary N) is 2. The Bertz CT molecular complexity index is 602. The Morgan fingerprint density at radius 2 is 1.91 bits per heavy atom. The number of amides is 2. The Hall–Kier alpha value is -2.08. The highest BCUT2D eigenvalue weighted by atomic mass is 35.5. The van der Waals surface area contributed by atoms with E-state index in [0.717, 1.165) is 0 Å². The molecule has 0 aliphatic rings. The minimum atomic E-state index is -1.09. The lowest BCUT2D eigenvalue weighted by Crippen LogP contribution is -2.46. The van der Waals surface area contributed by atoms with Gasteiger partial charge in [-0.15, -0.1) is 0 Å². The molecule has 23 heavy (non-hydrogen) atoms. The number of hydrogen-bond acceptors (Lipinski definition) is 3.